The zero-order valence-electron chi connectivity index (χ0n) is 9.77. The Bertz CT molecular complexity index is 437. The van der Waals surface area contributed by atoms with Gasteiger partial charge in [0.2, 0.25) is 5.02 Å². The van der Waals surface area contributed by atoms with Crippen LogP contribution in [0.1, 0.15) is 12.5 Å². The highest BCUT2D eigenvalue weighted by atomic mass is 32.2. The van der Waals surface area contributed by atoms with Crippen LogP contribution in [0.5, 0.6) is 11.5 Å². The van der Waals surface area contributed by atoms with E-state index in [-0.39, 0.29) is 6.04 Å². The number of nitrogens with two attached hydrogens (primary N) is 1. The molecule has 1 heterocycles. The van der Waals surface area contributed by atoms with E-state index in [1.165, 1.54) is 0 Å². The molecule has 90 valence electrons. The van der Waals surface area contributed by atoms with E-state index in [1.54, 1.807) is 7.11 Å². The first-order chi connectivity index (χ1) is 7.91. The number of rotatable bonds is 3. The SMILES string of the molecule is [B]C1(O)Oc2cc(CC(C)N)c(OC)cc2S1. The van der Waals surface area contributed by atoms with Gasteiger partial charge < -0.3 is 20.3 Å². The number of fused-ring (bicyclic) bond motifs is 1. The monoisotopic (exact) mass is 251 g/mol. The Balaban J connectivity index is 2.37. The number of methoxy groups -OCH3 is 1. The van der Waals surface area contributed by atoms with Crippen LogP contribution in [0.4, 0.5) is 0 Å². The van der Waals surface area contributed by atoms with E-state index >= 15 is 0 Å². The summed E-state index contributed by atoms with van der Waals surface area (Å²) < 4.78 is 10.5. The number of thioether (sulfide) groups is 1. The molecule has 1 aliphatic rings. The molecule has 17 heavy (non-hydrogen) atoms. The lowest BCUT2D eigenvalue weighted by Gasteiger charge is -2.15. The van der Waals surface area contributed by atoms with E-state index in [0.717, 1.165) is 28.0 Å². The molecule has 0 aromatic heterocycles. The van der Waals surface area contributed by atoms with Crippen LogP contribution in [0.25, 0.3) is 0 Å². The molecule has 4 nitrogen and oxygen atoms in total. The predicted octanol–water partition coefficient (Wildman–Crippen LogP) is 0.841. The fourth-order valence-corrected chi connectivity index (χ4v) is 2.59. The number of aliphatic hydroxyl groups is 1. The minimum atomic E-state index is -1.69. The van der Waals surface area contributed by atoms with Gasteiger partial charge in [0.15, 0.2) is 7.85 Å². The zero-order chi connectivity index (χ0) is 12.6. The van der Waals surface area contributed by atoms with Gasteiger partial charge in [0, 0.05) is 6.04 Å². The first-order valence-corrected chi connectivity index (χ1v) is 6.08. The van der Waals surface area contributed by atoms with Crippen LogP contribution < -0.4 is 15.2 Å². The summed E-state index contributed by atoms with van der Waals surface area (Å²) in [5.74, 6) is 1.30. The molecule has 1 aromatic carbocycles. The molecule has 2 unspecified atom stereocenters. The van der Waals surface area contributed by atoms with Crippen molar-refractivity contribution in [2.24, 2.45) is 5.73 Å². The van der Waals surface area contributed by atoms with Gasteiger partial charge in [0.25, 0.3) is 0 Å². The second-order valence-electron chi connectivity index (χ2n) is 4.13. The van der Waals surface area contributed by atoms with Crippen molar-refractivity contribution in [3.63, 3.8) is 0 Å². The number of ether oxygens (including phenoxy) is 2. The third-order valence-electron chi connectivity index (χ3n) is 2.40. The molecule has 1 aliphatic heterocycles. The number of hydrogen-bond acceptors (Lipinski definition) is 5. The van der Waals surface area contributed by atoms with Crippen LogP contribution in [0, 0.1) is 0 Å². The normalized spacial score (nSPS) is 24.0. The van der Waals surface area contributed by atoms with Crippen molar-refractivity contribution in [2.45, 2.75) is 29.3 Å². The Morgan fingerprint density at radius 3 is 2.94 bits per heavy atom. The fraction of sp³-hybridized carbons (Fsp3) is 0.455. The summed E-state index contributed by atoms with van der Waals surface area (Å²) in [7, 11) is 7.10. The second-order valence-corrected chi connectivity index (χ2v) is 5.36. The van der Waals surface area contributed by atoms with Crippen LogP contribution in [0.15, 0.2) is 17.0 Å². The fourth-order valence-electron chi connectivity index (χ4n) is 1.78. The topological polar surface area (TPSA) is 64.7 Å². The molecule has 2 radical (unpaired) electrons. The first kappa shape index (κ1) is 12.6. The number of hydrogen-bond donors (Lipinski definition) is 2. The summed E-state index contributed by atoms with van der Waals surface area (Å²) >= 11 is 1.05. The molecule has 2 rings (SSSR count). The smallest absolute Gasteiger partial charge is 0.207 e. The molecule has 6 heteroatoms. The Hall–Kier alpha value is -0.845. The third kappa shape index (κ3) is 2.70. The van der Waals surface area contributed by atoms with E-state index in [1.807, 2.05) is 19.1 Å². The van der Waals surface area contributed by atoms with E-state index < -0.39 is 5.02 Å². The maximum absolute atomic E-state index is 9.61. The summed E-state index contributed by atoms with van der Waals surface area (Å²) in [4.78, 5) is 0.764. The second kappa shape index (κ2) is 4.44. The highest BCUT2D eigenvalue weighted by Crippen LogP contribution is 2.47. The van der Waals surface area contributed by atoms with Crippen molar-refractivity contribution in [1.82, 2.24) is 0 Å². The van der Waals surface area contributed by atoms with E-state index in [2.05, 4.69) is 0 Å². The zero-order valence-corrected chi connectivity index (χ0v) is 10.6. The Morgan fingerprint density at radius 2 is 2.35 bits per heavy atom. The minimum Gasteiger partial charge on any atom is -0.496 e. The van der Waals surface area contributed by atoms with Gasteiger partial charge in [-0.1, -0.05) is 11.8 Å². The maximum Gasteiger partial charge on any atom is 0.207 e. The molecule has 2 atom stereocenters. The Kier molecular flexibility index (Phi) is 3.29. The van der Waals surface area contributed by atoms with Gasteiger partial charge in [-0.3, -0.25) is 0 Å². The van der Waals surface area contributed by atoms with Crippen molar-refractivity contribution in [3.8, 4) is 11.5 Å². The summed E-state index contributed by atoms with van der Waals surface area (Å²) in [6, 6.07) is 3.64. The van der Waals surface area contributed by atoms with E-state index in [0.29, 0.717) is 12.2 Å². The van der Waals surface area contributed by atoms with Crippen molar-refractivity contribution >= 4 is 19.6 Å². The lowest BCUT2D eigenvalue weighted by atomic mass is 10.1. The summed E-state index contributed by atoms with van der Waals surface area (Å²) in [6.45, 7) is 1.92. The number of benzene rings is 1. The summed E-state index contributed by atoms with van der Waals surface area (Å²) in [5.41, 5.74) is 6.71. The average molecular weight is 251 g/mol. The molecule has 0 amide bonds. The first-order valence-electron chi connectivity index (χ1n) is 5.27. The standard InChI is InChI=1S/C11H14BNO3S/c1-6(13)3-7-4-9-10(5-8(7)15-2)17-11(12,14)16-9/h4-6,14H,3,13H2,1-2H3. The van der Waals surface area contributed by atoms with Crippen molar-refractivity contribution in [2.75, 3.05) is 7.11 Å². The van der Waals surface area contributed by atoms with Crippen LogP contribution in [0.3, 0.4) is 0 Å². The average Bonchev–Trinajstić information content (AvgIpc) is 2.49. The van der Waals surface area contributed by atoms with Crippen LogP contribution in [-0.2, 0) is 6.42 Å². The largest absolute Gasteiger partial charge is 0.496 e. The molecular weight excluding hydrogens is 237 g/mol. The van der Waals surface area contributed by atoms with Gasteiger partial charge in [-0.2, -0.15) is 0 Å². The molecular formula is C11H14BNO3S. The van der Waals surface area contributed by atoms with Gasteiger partial charge in [-0.05, 0) is 31.0 Å². The van der Waals surface area contributed by atoms with Crippen LogP contribution in [-0.4, -0.2) is 31.1 Å². The van der Waals surface area contributed by atoms with Gasteiger partial charge in [0.05, 0.1) is 12.0 Å². The van der Waals surface area contributed by atoms with Gasteiger partial charge in [-0.15, -0.1) is 0 Å². The lowest BCUT2D eigenvalue weighted by Crippen LogP contribution is -2.27. The van der Waals surface area contributed by atoms with E-state index in [9.17, 15) is 5.11 Å². The van der Waals surface area contributed by atoms with Crippen molar-refractivity contribution in [1.29, 1.82) is 0 Å². The predicted molar refractivity (Wildman–Crippen MR) is 67.5 cm³/mol. The Labute approximate surface area is 106 Å². The van der Waals surface area contributed by atoms with Gasteiger partial charge >= 0.3 is 0 Å². The molecule has 0 fully saturated rings. The molecule has 0 saturated heterocycles. The van der Waals surface area contributed by atoms with Crippen LogP contribution in [0.2, 0.25) is 0 Å². The van der Waals surface area contributed by atoms with Gasteiger partial charge in [-0.25, -0.2) is 0 Å². The highest BCUT2D eigenvalue weighted by molar-refractivity contribution is 8.01. The van der Waals surface area contributed by atoms with Crippen LogP contribution >= 0.6 is 11.8 Å². The molecule has 1 aromatic rings. The van der Waals surface area contributed by atoms with Crippen molar-refractivity contribution in [3.05, 3.63) is 17.7 Å². The highest BCUT2D eigenvalue weighted by Gasteiger charge is 2.33. The molecule has 0 aliphatic carbocycles. The van der Waals surface area contributed by atoms with E-state index in [4.69, 9.17) is 23.1 Å². The summed E-state index contributed by atoms with van der Waals surface area (Å²) in [6.07, 6.45) is 0.674. The third-order valence-corrected chi connectivity index (χ3v) is 3.32. The Morgan fingerprint density at radius 1 is 1.65 bits per heavy atom. The summed E-state index contributed by atoms with van der Waals surface area (Å²) in [5, 5.41) is 7.91. The molecule has 0 spiro atoms. The molecule has 0 saturated carbocycles. The molecule has 3 N–H and O–H groups in total. The maximum atomic E-state index is 9.61. The van der Waals surface area contributed by atoms with Gasteiger partial charge in [0.1, 0.15) is 11.5 Å². The van der Waals surface area contributed by atoms with Crippen molar-refractivity contribution < 1.29 is 14.6 Å². The molecule has 0 bridgehead atoms. The quantitative estimate of drug-likeness (QED) is 0.779. The minimum absolute atomic E-state index is 0.0211. The lowest BCUT2D eigenvalue weighted by molar-refractivity contribution is 0.0269.